The van der Waals surface area contributed by atoms with Crippen LogP contribution in [0.25, 0.3) is 0 Å². The molecule has 0 amide bonds. The summed E-state index contributed by atoms with van der Waals surface area (Å²) in [5.74, 6) is 2.49. The molecular weight excluding hydrogens is 107 g/mol. The molecule has 0 aliphatic heterocycles. The minimum Gasteiger partial charge on any atom is -0.447 e. The molecule has 0 aromatic heterocycles. The minimum absolute atomic E-state index is 0.278. The summed E-state index contributed by atoms with van der Waals surface area (Å²) in [5.41, 5.74) is 0. The maximum atomic E-state index is 11.3. The number of hydrogen-bond acceptors (Lipinski definition) is 1. The summed E-state index contributed by atoms with van der Waals surface area (Å²) in [7, 11) is 0. The van der Waals surface area contributed by atoms with E-state index in [9.17, 15) is 4.39 Å². The molecule has 0 fully saturated rings. The average Bonchev–Trinajstić information content (AvgIpc) is 1.81. The Bertz CT molecular complexity index is 80.4. The molecule has 0 atom stereocenters. The first-order valence-corrected chi connectivity index (χ1v) is 2.57. The molecule has 46 valence electrons. The van der Waals surface area contributed by atoms with E-state index >= 15 is 0 Å². The summed E-state index contributed by atoms with van der Waals surface area (Å²) in [6, 6.07) is 0. The second-order valence-electron chi connectivity index (χ2n) is 1.15. The summed E-state index contributed by atoms with van der Waals surface area (Å²) in [6.07, 6.45) is 2.62. The molecule has 0 spiro atoms. The van der Waals surface area contributed by atoms with Crippen molar-refractivity contribution in [1.29, 1.82) is 0 Å². The van der Waals surface area contributed by atoms with Gasteiger partial charge in [-0.25, -0.2) is 0 Å². The lowest BCUT2D eigenvalue weighted by Crippen LogP contribution is -1.77. The van der Waals surface area contributed by atoms with Crippen LogP contribution in [0.2, 0.25) is 0 Å². The Morgan fingerprint density at radius 3 is 2.88 bits per heavy atom. The number of alkyl halides is 1. The Kier molecular flexibility index (Phi) is 5.73. The van der Waals surface area contributed by atoms with Gasteiger partial charge in [0.15, 0.2) is 0 Å². The van der Waals surface area contributed by atoms with Crippen LogP contribution in [0.5, 0.6) is 0 Å². The first-order valence-electron chi connectivity index (χ1n) is 2.57. The molecule has 0 rings (SSSR count). The van der Waals surface area contributed by atoms with Gasteiger partial charge >= 0.3 is 0 Å². The van der Waals surface area contributed by atoms with Crippen LogP contribution in [0.3, 0.4) is 0 Å². The Labute approximate surface area is 48.8 Å². The van der Waals surface area contributed by atoms with Crippen molar-refractivity contribution >= 4 is 0 Å². The fourth-order valence-electron chi connectivity index (χ4n) is 0.221. The maximum Gasteiger partial charge on any atom is 0.110 e. The SMILES string of the molecule is CCOC#CCCF. The summed E-state index contributed by atoms with van der Waals surface area (Å²) < 4.78 is 15.9. The molecule has 0 aromatic rings. The van der Waals surface area contributed by atoms with Crippen molar-refractivity contribution in [2.75, 3.05) is 13.3 Å². The van der Waals surface area contributed by atoms with Gasteiger partial charge in [-0.15, -0.1) is 0 Å². The van der Waals surface area contributed by atoms with Crippen molar-refractivity contribution < 1.29 is 9.13 Å². The second-order valence-corrected chi connectivity index (χ2v) is 1.15. The van der Waals surface area contributed by atoms with E-state index in [1.165, 1.54) is 0 Å². The van der Waals surface area contributed by atoms with Crippen LogP contribution in [0.1, 0.15) is 13.3 Å². The molecule has 2 heteroatoms. The smallest absolute Gasteiger partial charge is 0.110 e. The average molecular weight is 116 g/mol. The first-order chi connectivity index (χ1) is 3.91. The minimum atomic E-state index is -0.389. The highest BCUT2D eigenvalue weighted by molar-refractivity contribution is 4.90. The largest absolute Gasteiger partial charge is 0.447 e. The van der Waals surface area contributed by atoms with Crippen LogP contribution < -0.4 is 0 Å². The van der Waals surface area contributed by atoms with Gasteiger partial charge in [0.2, 0.25) is 0 Å². The topological polar surface area (TPSA) is 9.23 Å². The Morgan fingerprint density at radius 2 is 2.38 bits per heavy atom. The van der Waals surface area contributed by atoms with Crippen LogP contribution >= 0.6 is 0 Å². The lowest BCUT2D eigenvalue weighted by atomic mass is 10.5. The summed E-state index contributed by atoms with van der Waals surface area (Å²) in [6.45, 7) is 2.02. The van der Waals surface area contributed by atoms with Gasteiger partial charge < -0.3 is 4.74 Å². The van der Waals surface area contributed by atoms with Crippen LogP contribution in [-0.2, 0) is 4.74 Å². The molecule has 0 aliphatic rings. The Hall–Kier alpha value is -0.710. The van der Waals surface area contributed by atoms with Crippen molar-refractivity contribution in [1.82, 2.24) is 0 Å². The van der Waals surface area contributed by atoms with E-state index in [1.807, 2.05) is 6.92 Å². The third-order valence-corrected chi connectivity index (χ3v) is 0.508. The zero-order chi connectivity index (χ0) is 6.24. The van der Waals surface area contributed by atoms with Gasteiger partial charge in [-0.1, -0.05) is 5.92 Å². The molecule has 0 saturated carbocycles. The zero-order valence-electron chi connectivity index (χ0n) is 4.91. The van der Waals surface area contributed by atoms with Gasteiger partial charge in [0, 0.05) is 6.42 Å². The number of halogens is 1. The normalized spacial score (nSPS) is 7.25. The van der Waals surface area contributed by atoms with Crippen molar-refractivity contribution in [2.45, 2.75) is 13.3 Å². The summed E-state index contributed by atoms with van der Waals surface area (Å²) in [5, 5.41) is 0. The molecular formula is C6H9FO. The number of rotatable bonds is 2. The van der Waals surface area contributed by atoms with Crippen molar-refractivity contribution in [3.05, 3.63) is 0 Å². The summed E-state index contributed by atoms with van der Waals surface area (Å²) >= 11 is 0. The molecule has 8 heavy (non-hydrogen) atoms. The van der Waals surface area contributed by atoms with E-state index in [1.54, 1.807) is 0 Å². The third-order valence-electron chi connectivity index (χ3n) is 0.508. The molecule has 1 nitrogen and oxygen atoms in total. The molecule has 0 radical (unpaired) electrons. The van der Waals surface area contributed by atoms with E-state index in [0.717, 1.165) is 0 Å². The third kappa shape index (κ3) is 5.29. The van der Waals surface area contributed by atoms with E-state index in [0.29, 0.717) is 6.61 Å². The predicted octanol–water partition coefficient (Wildman–Crippen LogP) is 1.34. The monoisotopic (exact) mass is 116 g/mol. The lowest BCUT2D eigenvalue weighted by molar-refractivity contribution is 0.298. The van der Waals surface area contributed by atoms with Gasteiger partial charge in [0.1, 0.15) is 12.8 Å². The van der Waals surface area contributed by atoms with Gasteiger partial charge in [-0.3, -0.25) is 4.39 Å². The molecule has 0 heterocycles. The summed E-state index contributed by atoms with van der Waals surface area (Å²) in [4.78, 5) is 0. The zero-order valence-corrected chi connectivity index (χ0v) is 4.91. The van der Waals surface area contributed by atoms with Crippen LogP contribution in [-0.4, -0.2) is 13.3 Å². The van der Waals surface area contributed by atoms with Crippen molar-refractivity contribution in [3.63, 3.8) is 0 Å². The van der Waals surface area contributed by atoms with Gasteiger partial charge in [0.25, 0.3) is 0 Å². The van der Waals surface area contributed by atoms with Gasteiger partial charge in [-0.2, -0.15) is 0 Å². The quantitative estimate of drug-likeness (QED) is 0.495. The van der Waals surface area contributed by atoms with Crippen LogP contribution in [0.4, 0.5) is 4.39 Å². The van der Waals surface area contributed by atoms with Crippen LogP contribution in [0.15, 0.2) is 0 Å². The molecule has 0 N–H and O–H groups in total. The van der Waals surface area contributed by atoms with E-state index in [4.69, 9.17) is 0 Å². The lowest BCUT2D eigenvalue weighted by Gasteiger charge is -1.83. The molecule has 0 aliphatic carbocycles. The van der Waals surface area contributed by atoms with E-state index in [-0.39, 0.29) is 13.1 Å². The van der Waals surface area contributed by atoms with E-state index in [2.05, 4.69) is 16.8 Å². The van der Waals surface area contributed by atoms with Crippen molar-refractivity contribution in [2.24, 2.45) is 0 Å². The highest BCUT2D eigenvalue weighted by atomic mass is 19.1. The maximum absolute atomic E-state index is 11.3. The number of ether oxygens (including phenoxy) is 1. The second kappa shape index (κ2) is 6.29. The molecule has 0 bridgehead atoms. The standard InChI is InChI=1S/C6H9FO/c1-2-8-6-4-3-5-7/h2-3,5H2,1H3. The van der Waals surface area contributed by atoms with E-state index < -0.39 is 0 Å². The molecule has 0 aromatic carbocycles. The first kappa shape index (κ1) is 7.29. The fraction of sp³-hybridized carbons (Fsp3) is 0.667. The Balaban J connectivity index is 2.95. The van der Waals surface area contributed by atoms with Gasteiger partial charge in [0.05, 0.1) is 6.61 Å². The molecule has 0 unspecified atom stereocenters. The highest BCUT2D eigenvalue weighted by Gasteiger charge is 1.71. The number of hydrogen-bond donors (Lipinski definition) is 0. The fourth-order valence-corrected chi connectivity index (χ4v) is 0.221. The Morgan fingerprint density at radius 1 is 1.62 bits per heavy atom. The molecule has 0 saturated heterocycles. The highest BCUT2D eigenvalue weighted by Crippen LogP contribution is 1.75. The van der Waals surface area contributed by atoms with Gasteiger partial charge in [-0.05, 0) is 6.92 Å². The van der Waals surface area contributed by atoms with Crippen LogP contribution in [0, 0.1) is 12.0 Å². The predicted molar refractivity (Wildman–Crippen MR) is 30.0 cm³/mol. The van der Waals surface area contributed by atoms with Crippen molar-refractivity contribution in [3.8, 4) is 12.0 Å².